The highest BCUT2D eigenvalue weighted by atomic mass is 79.9. The fourth-order valence-electron chi connectivity index (χ4n) is 1.42. The van der Waals surface area contributed by atoms with Crippen LogP contribution in [0.1, 0.15) is 33.1 Å². The number of nitrogens with zero attached hydrogens (tertiary/aromatic N) is 1. The van der Waals surface area contributed by atoms with E-state index in [1.165, 1.54) is 12.8 Å². The van der Waals surface area contributed by atoms with Crippen molar-refractivity contribution < 1.29 is 0 Å². The van der Waals surface area contributed by atoms with E-state index in [1.807, 2.05) is 12.3 Å². The van der Waals surface area contributed by atoms with E-state index in [9.17, 15) is 0 Å². The first kappa shape index (κ1) is 11.5. The first-order valence-corrected chi connectivity index (χ1v) is 5.93. The summed E-state index contributed by atoms with van der Waals surface area (Å²) in [5.41, 5.74) is 1.11. The van der Waals surface area contributed by atoms with Gasteiger partial charge in [-0.05, 0) is 40.9 Å². The molecule has 0 aliphatic rings. The lowest BCUT2D eigenvalue weighted by atomic mass is 10.1. The Morgan fingerprint density at radius 1 is 1.43 bits per heavy atom. The van der Waals surface area contributed by atoms with Crippen molar-refractivity contribution >= 4 is 21.6 Å². The van der Waals surface area contributed by atoms with Crippen LogP contribution in [0, 0.1) is 0 Å². The quantitative estimate of drug-likeness (QED) is 0.811. The number of pyridine rings is 1. The van der Waals surface area contributed by atoms with E-state index in [1.54, 1.807) is 0 Å². The van der Waals surface area contributed by atoms with E-state index in [-0.39, 0.29) is 0 Å². The van der Waals surface area contributed by atoms with Crippen LogP contribution in [-0.4, -0.2) is 11.0 Å². The fraction of sp³-hybridized carbons (Fsp3) is 0.545. The molecule has 78 valence electrons. The highest BCUT2D eigenvalue weighted by Crippen LogP contribution is 2.14. The fourth-order valence-corrected chi connectivity index (χ4v) is 1.66. The number of anilines is 1. The summed E-state index contributed by atoms with van der Waals surface area (Å²) >= 11 is 3.32. The minimum absolute atomic E-state index is 0.572. The molecule has 0 aromatic carbocycles. The second kappa shape index (κ2) is 6.02. The standard InChI is InChI=1S/C11H17BrN2/c1-3-5-9(4-2)14-10-6-7-11(12)13-8-10/h6-9,14H,3-5H2,1-2H3. The van der Waals surface area contributed by atoms with Gasteiger partial charge in [0.15, 0.2) is 0 Å². The molecule has 14 heavy (non-hydrogen) atoms. The lowest BCUT2D eigenvalue weighted by Crippen LogP contribution is -2.17. The predicted molar refractivity (Wildman–Crippen MR) is 64.5 cm³/mol. The molecule has 2 nitrogen and oxygen atoms in total. The topological polar surface area (TPSA) is 24.9 Å². The van der Waals surface area contributed by atoms with Crippen molar-refractivity contribution in [2.24, 2.45) is 0 Å². The predicted octanol–water partition coefficient (Wildman–Crippen LogP) is 3.83. The van der Waals surface area contributed by atoms with Crippen LogP contribution in [-0.2, 0) is 0 Å². The molecule has 0 spiro atoms. The average Bonchev–Trinajstić information content (AvgIpc) is 2.20. The smallest absolute Gasteiger partial charge is 0.106 e. The van der Waals surface area contributed by atoms with E-state index in [4.69, 9.17) is 0 Å². The average molecular weight is 257 g/mol. The van der Waals surface area contributed by atoms with Crippen LogP contribution in [0.2, 0.25) is 0 Å². The third-order valence-corrected chi connectivity index (χ3v) is 2.70. The molecule has 1 heterocycles. The largest absolute Gasteiger partial charge is 0.381 e. The maximum Gasteiger partial charge on any atom is 0.106 e. The summed E-state index contributed by atoms with van der Waals surface area (Å²) in [6.45, 7) is 4.42. The normalized spacial score (nSPS) is 12.5. The maximum atomic E-state index is 4.18. The Balaban J connectivity index is 2.53. The van der Waals surface area contributed by atoms with E-state index < -0.39 is 0 Å². The van der Waals surface area contributed by atoms with Crippen molar-refractivity contribution in [3.63, 3.8) is 0 Å². The number of aromatic nitrogens is 1. The van der Waals surface area contributed by atoms with Gasteiger partial charge in [0, 0.05) is 6.04 Å². The van der Waals surface area contributed by atoms with Gasteiger partial charge in [-0.2, -0.15) is 0 Å². The molecule has 0 saturated carbocycles. The highest BCUT2D eigenvalue weighted by Gasteiger charge is 2.04. The van der Waals surface area contributed by atoms with Crippen LogP contribution in [0.25, 0.3) is 0 Å². The zero-order valence-electron chi connectivity index (χ0n) is 8.76. The molecule has 0 aliphatic heterocycles. The summed E-state index contributed by atoms with van der Waals surface area (Å²) in [6, 6.07) is 4.58. The zero-order chi connectivity index (χ0) is 10.4. The van der Waals surface area contributed by atoms with Crippen molar-refractivity contribution in [3.8, 4) is 0 Å². The highest BCUT2D eigenvalue weighted by molar-refractivity contribution is 9.10. The van der Waals surface area contributed by atoms with Crippen LogP contribution in [0.3, 0.4) is 0 Å². The van der Waals surface area contributed by atoms with Gasteiger partial charge in [-0.15, -0.1) is 0 Å². The van der Waals surface area contributed by atoms with E-state index in [0.717, 1.165) is 16.7 Å². The van der Waals surface area contributed by atoms with E-state index >= 15 is 0 Å². The molecule has 0 radical (unpaired) electrons. The summed E-state index contributed by atoms with van der Waals surface area (Å²) < 4.78 is 0.881. The summed E-state index contributed by atoms with van der Waals surface area (Å²) in [5.74, 6) is 0. The van der Waals surface area contributed by atoms with E-state index in [0.29, 0.717) is 6.04 Å². The number of halogens is 1. The minimum atomic E-state index is 0.572. The van der Waals surface area contributed by atoms with Gasteiger partial charge in [-0.1, -0.05) is 20.3 Å². The summed E-state index contributed by atoms with van der Waals surface area (Å²) in [6.07, 6.45) is 5.45. The van der Waals surface area contributed by atoms with Gasteiger partial charge in [0.2, 0.25) is 0 Å². The van der Waals surface area contributed by atoms with Crippen molar-refractivity contribution in [1.82, 2.24) is 4.98 Å². The van der Waals surface area contributed by atoms with Gasteiger partial charge < -0.3 is 5.32 Å². The van der Waals surface area contributed by atoms with E-state index in [2.05, 4.69) is 46.1 Å². The molecule has 1 atom stereocenters. The Bertz CT molecular complexity index is 258. The molecule has 1 aromatic heterocycles. The molecule has 0 amide bonds. The van der Waals surface area contributed by atoms with Gasteiger partial charge in [-0.3, -0.25) is 0 Å². The molecular weight excluding hydrogens is 240 g/mol. The maximum absolute atomic E-state index is 4.18. The van der Waals surface area contributed by atoms with Crippen LogP contribution in [0.5, 0.6) is 0 Å². The summed E-state index contributed by atoms with van der Waals surface area (Å²) in [5, 5.41) is 3.47. The Labute approximate surface area is 94.3 Å². The molecular formula is C11H17BrN2. The molecule has 0 saturated heterocycles. The number of nitrogens with one attached hydrogen (secondary N) is 1. The Hall–Kier alpha value is -0.570. The first-order valence-electron chi connectivity index (χ1n) is 5.14. The SMILES string of the molecule is CCCC(CC)Nc1ccc(Br)nc1. The second-order valence-corrected chi connectivity index (χ2v) is 4.22. The second-order valence-electron chi connectivity index (χ2n) is 3.41. The van der Waals surface area contributed by atoms with Crippen LogP contribution >= 0.6 is 15.9 Å². The summed E-state index contributed by atoms with van der Waals surface area (Å²) in [4.78, 5) is 4.18. The van der Waals surface area contributed by atoms with Gasteiger partial charge in [0.1, 0.15) is 4.60 Å². The van der Waals surface area contributed by atoms with Crippen molar-refractivity contribution in [3.05, 3.63) is 22.9 Å². The number of rotatable bonds is 5. The van der Waals surface area contributed by atoms with Gasteiger partial charge >= 0.3 is 0 Å². The van der Waals surface area contributed by atoms with Gasteiger partial charge in [0.25, 0.3) is 0 Å². The van der Waals surface area contributed by atoms with Crippen LogP contribution in [0.4, 0.5) is 5.69 Å². The monoisotopic (exact) mass is 256 g/mol. The molecule has 0 fully saturated rings. The number of hydrogen-bond donors (Lipinski definition) is 1. The van der Waals surface area contributed by atoms with Crippen molar-refractivity contribution in [1.29, 1.82) is 0 Å². The lowest BCUT2D eigenvalue weighted by Gasteiger charge is -2.16. The molecule has 0 aliphatic carbocycles. The Kier molecular flexibility index (Phi) is 4.94. The van der Waals surface area contributed by atoms with Gasteiger partial charge in [-0.25, -0.2) is 4.98 Å². The van der Waals surface area contributed by atoms with Gasteiger partial charge in [0.05, 0.1) is 11.9 Å². The van der Waals surface area contributed by atoms with Crippen LogP contribution < -0.4 is 5.32 Å². The molecule has 3 heteroatoms. The molecule has 1 rings (SSSR count). The Morgan fingerprint density at radius 2 is 2.21 bits per heavy atom. The van der Waals surface area contributed by atoms with Crippen LogP contribution in [0.15, 0.2) is 22.9 Å². The van der Waals surface area contributed by atoms with Crippen molar-refractivity contribution in [2.75, 3.05) is 5.32 Å². The molecule has 1 aromatic rings. The summed E-state index contributed by atoms with van der Waals surface area (Å²) in [7, 11) is 0. The third-order valence-electron chi connectivity index (χ3n) is 2.23. The Morgan fingerprint density at radius 3 is 2.71 bits per heavy atom. The molecule has 0 bridgehead atoms. The lowest BCUT2D eigenvalue weighted by molar-refractivity contribution is 0.622. The minimum Gasteiger partial charge on any atom is -0.381 e. The third kappa shape index (κ3) is 3.66. The number of hydrogen-bond acceptors (Lipinski definition) is 2. The zero-order valence-corrected chi connectivity index (χ0v) is 10.3. The molecule has 1 unspecified atom stereocenters. The molecule has 1 N–H and O–H groups in total. The van der Waals surface area contributed by atoms with Crippen molar-refractivity contribution in [2.45, 2.75) is 39.2 Å². The first-order chi connectivity index (χ1) is 6.76.